The van der Waals surface area contributed by atoms with Crippen molar-refractivity contribution in [3.05, 3.63) is 41.2 Å². The number of hydrogen-bond donors (Lipinski definition) is 2. The van der Waals surface area contributed by atoms with Gasteiger partial charge < -0.3 is 15.0 Å². The molecule has 2 aliphatic heterocycles. The molecule has 7 heteroatoms. The monoisotopic (exact) mass is 354 g/mol. The second-order valence-corrected chi connectivity index (χ2v) is 6.87. The molecule has 1 fully saturated rings. The minimum absolute atomic E-state index is 0.143. The predicted molar refractivity (Wildman–Crippen MR) is 97.5 cm³/mol. The number of amides is 2. The van der Waals surface area contributed by atoms with Crippen molar-refractivity contribution in [3.8, 4) is 0 Å². The summed E-state index contributed by atoms with van der Waals surface area (Å²) in [5, 5.41) is 9.64. The van der Waals surface area contributed by atoms with Gasteiger partial charge in [-0.3, -0.25) is 14.7 Å². The van der Waals surface area contributed by atoms with Crippen LogP contribution in [-0.2, 0) is 14.9 Å². The van der Waals surface area contributed by atoms with Crippen molar-refractivity contribution in [1.82, 2.24) is 10.2 Å². The average Bonchev–Trinajstić information content (AvgIpc) is 3.18. The summed E-state index contributed by atoms with van der Waals surface area (Å²) in [5.74, 6) is -0.128. The van der Waals surface area contributed by atoms with Gasteiger partial charge >= 0.3 is 0 Å². The zero-order valence-corrected chi connectivity index (χ0v) is 15.0. The van der Waals surface area contributed by atoms with Crippen molar-refractivity contribution < 1.29 is 14.3 Å². The van der Waals surface area contributed by atoms with E-state index in [0.29, 0.717) is 44.0 Å². The highest BCUT2D eigenvalue weighted by molar-refractivity contribution is 6.09. The SMILES string of the molecule is CCN1C(=O)C2(CCOCC2)c2cc(NC(=O)c3cc(C)[nH]n3)ccc21. The second-order valence-electron chi connectivity index (χ2n) is 6.87. The van der Waals surface area contributed by atoms with E-state index < -0.39 is 5.41 Å². The smallest absolute Gasteiger partial charge is 0.276 e. The van der Waals surface area contributed by atoms with Crippen LogP contribution in [0.15, 0.2) is 24.3 Å². The highest BCUT2D eigenvalue weighted by Gasteiger charge is 2.51. The second kappa shape index (κ2) is 6.25. The summed E-state index contributed by atoms with van der Waals surface area (Å²) in [4.78, 5) is 27.3. The quantitative estimate of drug-likeness (QED) is 0.886. The van der Waals surface area contributed by atoms with Gasteiger partial charge in [0.1, 0.15) is 0 Å². The Morgan fingerprint density at radius 2 is 2.12 bits per heavy atom. The third-order valence-electron chi connectivity index (χ3n) is 5.32. The standard InChI is InChI=1S/C19H22N4O3/c1-3-23-16-5-4-13(20-17(24)15-10-12(2)21-22-15)11-14(16)19(18(23)25)6-8-26-9-7-19/h4-5,10-11H,3,6-9H2,1-2H3,(H,20,24)(H,21,22). The summed E-state index contributed by atoms with van der Waals surface area (Å²) in [6.07, 6.45) is 1.34. The van der Waals surface area contributed by atoms with Gasteiger partial charge in [0, 0.05) is 36.8 Å². The molecule has 26 heavy (non-hydrogen) atoms. The first-order valence-corrected chi connectivity index (χ1v) is 8.93. The molecule has 0 atom stereocenters. The van der Waals surface area contributed by atoms with Gasteiger partial charge in [-0.15, -0.1) is 0 Å². The zero-order chi connectivity index (χ0) is 18.3. The molecule has 1 saturated heterocycles. The molecular weight excluding hydrogens is 332 g/mol. The molecule has 0 saturated carbocycles. The maximum atomic E-state index is 13.1. The average molecular weight is 354 g/mol. The lowest BCUT2D eigenvalue weighted by atomic mass is 9.75. The Labute approximate surface area is 151 Å². The lowest BCUT2D eigenvalue weighted by Crippen LogP contribution is -2.44. The van der Waals surface area contributed by atoms with Crippen molar-refractivity contribution in [3.63, 3.8) is 0 Å². The number of aromatic nitrogens is 2. The van der Waals surface area contributed by atoms with E-state index in [1.165, 1.54) is 0 Å². The van der Waals surface area contributed by atoms with Crippen LogP contribution in [0.2, 0.25) is 0 Å². The molecule has 2 N–H and O–H groups in total. The van der Waals surface area contributed by atoms with E-state index in [-0.39, 0.29) is 11.8 Å². The molecule has 0 radical (unpaired) electrons. The molecule has 0 unspecified atom stereocenters. The van der Waals surface area contributed by atoms with Crippen LogP contribution >= 0.6 is 0 Å². The van der Waals surface area contributed by atoms with E-state index in [2.05, 4.69) is 15.5 Å². The van der Waals surface area contributed by atoms with Crippen molar-refractivity contribution in [2.75, 3.05) is 30.0 Å². The van der Waals surface area contributed by atoms with Gasteiger partial charge in [-0.05, 0) is 56.5 Å². The van der Waals surface area contributed by atoms with Gasteiger partial charge in [0.2, 0.25) is 5.91 Å². The lowest BCUT2D eigenvalue weighted by Gasteiger charge is -2.32. The maximum absolute atomic E-state index is 13.1. The molecule has 7 nitrogen and oxygen atoms in total. The molecule has 1 aromatic carbocycles. The number of likely N-dealkylation sites (N-methyl/N-ethyl adjacent to an activating group) is 1. The molecule has 136 valence electrons. The molecule has 2 aliphatic rings. The molecule has 3 heterocycles. The van der Waals surface area contributed by atoms with E-state index in [1.807, 2.05) is 36.9 Å². The number of nitrogens with zero attached hydrogens (tertiary/aromatic N) is 2. The molecule has 1 aromatic heterocycles. The van der Waals surface area contributed by atoms with Gasteiger partial charge in [-0.2, -0.15) is 5.10 Å². The number of aromatic amines is 1. The molecule has 0 bridgehead atoms. The summed E-state index contributed by atoms with van der Waals surface area (Å²) < 4.78 is 5.49. The summed E-state index contributed by atoms with van der Waals surface area (Å²) in [5.41, 5.74) is 3.24. The number of carbonyl (C=O) groups excluding carboxylic acids is 2. The Balaban J connectivity index is 1.69. The Bertz CT molecular complexity index is 867. The molecule has 2 amide bonds. The predicted octanol–water partition coefficient (Wildman–Crippen LogP) is 2.39. The van der Waals surface area contributed by atoms with Crippen molar-refractivity contribution >= 4 is 23.2 Å². The van der Waals surface area contributed by atoms with Gasteiger partial charge in [-0.25, -0.2) is 0 Å². The Morgan fingerprint density at radius 1 is 1.35 bits per heavy atom. The number of anilines is 2. The summed E-state index contributed by atoms with van der Waals surface area (Å²) in [7, 11) is 0. The Kier molecular flexibility index (Phi) is 4.03. The summed E-state index contributed by atoms with van der Waals surface area (Å²) in [6.45, 7) is 5.61. The number of aryl methyl sites for hydroxylation is 1. The fourth-order valence-corrected chi connectivity index (χ4v) is 3.96. The number of benzene rings is 1. The highest BCUT2D eigenvalue weighted by atomic mass is 16.5. The maximum Gasteiger partial charge on any atom is 0.276 e. The van der Waals surface area contributed by atoms with Crippen LogP contribution in [0.1, 0.15) is 41.5 Å². The molecule has 1 spiro atoms. The summed E-state index contributed by atoms with van der Waals surface area (Å²) >= 11 is 0. The third-order valence-corrected chi connectivity index (χ3v) is 5.32. The normalized spacial score (nSPS) is 18.2. The van der Waals surface area contributed by atoms with Crippen LogP contribution in [0.3, 0.4) is 0 Å². The minimum atomic E-state index is -0.534. The molecular formula is C19H22N4O3. The van der Waals surface area contributed by atoms with Crippen LogP contribution in [0.4, 0.5) is 11.4 Å². The zero-order valence-electron chi connectivity index (χ0n) is 15.0. The van der Waals surface area contributed by atoms with E-state index in [1.54, 1.807) is 6.07 Å². The fourth-order valence-electron chi connectivity index (χ4n) is 3.96. The number of rotatable bonds is 3. The van der Waals surface area contributed by atoms with Crippen molar-refractivity contribution in [2.45, 2.75) is 32.1 Å². The molecule has 4 rings (SSSR count). The molecule has 0 aliphatic carbocycles. The van der Waals surface area contributed by atoms with E-state index >= 15 is 0 Å². The molecule has 2 aromatic rings. The van der Waals surface area contributed by atoms with E-state index in [9.17, 15) is 9.59 Å². The van der Waals surface area contributed by atoms with Crippen LogP contribution < -0.4 is 10.2 Å². The largest absolute Gasteiger partial charge is 0.381 e. The fraction of sp³-hybridized carbons (Fsp3) is 0.421. The van der Waals surface area contributed by atoms with Gasteiger partial charge in [0.05, 0.1) is 5.41 Å². The van der Waals surface area contributed by atoms with Gasteiger partial charge in [0.25, 0.3) is 5.91 Å². The highest BCUT2D eigenvalue weighted by Crippen LogP contribution is 2.48. The number of ether oxygens (including phenoxy) is 1. The Morgan fingerprint density at radius 3 is 2.77 bits per heavy atom. The van der Waals surface area contributed by atoms with E-state index in [0.717, 1.165) is 16.9 Å². The summed E-state index contributed by atoms with van der Waals surface area (Å²) in [6, 6.07) is 7.40. The topological polar surface area (TPSA) is 87.3 Å². The van der Waals surface area contributed by atoms with Gasteiger partial charge in [-0.1, -0.05) is 0 Å². The van der Waals surface area contributed by atoms with E-state index in [4.69, 9.17) is 4.74 Å². The Hall–Kier alpha value is -2.67. The van der Waals surface area contributed by atoms with Crippen LogP contribution in [0.25, 0.3) is 0 Å². The number of nitrogens with one attached hydrogen (secondary N) is 2. The van der Waals surface area contributed by atoms with Gasteiger partial charge in [0.15, 0.2) is 5.69 Å². The lowest BCUT2D eigenvalue weighted by molar-refractivity contribution is -0.126. The van der Waals surface area contributed by atoms with Crippen molar-refractivity contribution in [1.29, 1.82) is 0 Å². The first-order chi connectivity index (χ1) is 12.5. The van der Waals surface area contributed by atoms with Crippen molar-refractivity contribution in [2.24, 2.45) is 0 Å². The minimum Gasteiger partial charge on any atom is -0.381 e. The number of H-pyrrole nitrogens is 1. The van der Waals surface area contributed by atoms with Crippen LogP contribution in [-0.4, -0.2) is 41.8 Å². The third kappa shape index (κ3) is 2.50. The number of fused-ring (bicyclic) bond motifs is 2. The first-order valence-electron chi connectivity index (χ1n) is 8.93. The first kappa shape index (κ1) is 16.8. The van der Waals surface area contributed by atoms with Crippen LogP contribution in [0, 0.1) is 6.92 Å². The number of carbonyl (C=O) groups is 2. The number of hydrogen-bond acceptors (Lipinski definition) is 4. The van der Waals surface area contributed by atoms with Crippen LogP contribution in [0.5, 0.6) is 0 Å².